The Kier molecular flexibility index (Phi) is 7.92. The molecule has 0 saturated carbocycles. The van der Waals surface area contributed by atoms with Gasteiger partial charge in [0, 0.05) is 16.3 Å². The lowest BCUT2D eigenvalue weighted by Crippen LogP contribution is -2.25. The van der Waals surface area contributed by atoms with Crippen LogP contribution in [-0.2, 0) is 10.5 Å². The summed E-state index contributed by atoms with van der Waals surface area (Å²) < 4.78 is 2.03. The first-order valence-corrected chi connectivity index (χ1v) is 12.9. The number of thioether (sulfide) groups is 2. The molecule has 0 saturated heterocycles. The van der Waals surface area contributed by atoms with Gasteiger partial charge in [-0.2, -0.15) is 0 Å². The van der Waals surface area contributed by atoms with Crippen molar-refractivity contribution in [3.63, 3.8) is 0 Å². The number of aromatic nitrogens is 3. The molecule has 2 N–H and O–H groups in total. The number of hydrogen-bond acceptors (Lipinski definition) is 6. The van der Waals surface area contributed by atoms with Crippen LogP contribution in [0.25, 0.3) is 5.69 Å². The fourth-order valence-electron chi connectivity index (χ4n) is 3.31. The number of aryl methyl sites for hydroxylation is 1. The average molecular weight is 491 g/mol. The number of para-hydroxylation sites is 1. The normalized spacial score (nSPS) is 11.8. The van der Waals surface area contributed by atoms with Gasteiger partial charge in [0.25, 0.3) is 0 Å². The summed E-state index contributed by atoms with van der Waals surface area (Å²) >= 11 is 3.11. The Morgan fingerprint density at radius 3 is 2.38 bits per heavy atom. The fourth-order valence-corrected chi connectivity index (χ4v) is 5.11. The number of hydrogen-bond donors (Lipinski definition) is 2. The van der Waals surface area contributed by atoms with Crippen LogP contribution in [0.5, 0.6) is 5.75 Å². The number of aromatic hydroxyl groups is 1. The highest BCUT2D eigenvalue weighted by atomic mass is 32.2. The second-order valence-electron chi connectivity index (χ2n) is 7.72. The van der Waals surface area contributed by atoms with Crippen molar-refractivity contribution in [1.29, 1.82) is 0 Å². The van der Waals surface area contributed by atoms with Crippen molar-refractivity contribution < 1.29 is 9.90 Å². The molecule has 0 spiro atoms. The van der Waals surface area contributed by atoms with E-state index in [1.54, 1.807) is 36.0 Å². The summed E-state index contributed by atoms with van der Waals surface area (Å²) in [7, 11) is 0. The standard InChI is InChI=1S/C26H26N4O2S2/c1-3-23(25(32)27-19-11-13-21(31)14-12-19)34-26-29-28-24(30(26)20-7-5-4-6-8-20)17-33-22-15-9-18(2)10-16-22/h4-16,23,31H,3,17H2,1-2H3,(H,27,32). The zero-order valence-electron chi connectivity index (χ0n) is 19.0. The minimum atomic E-state index is -0.349. The van der Waals surface area contributed by atoms with Gasteiger partial charge in [-0.05, 0) is 61.9 Å². The topological polar surface area (TPSA) is 80.0 Å². The van der Waals surface area contributed by atoms with Gasteiger partial charge in [0.15, 0.2) is 5.16 Å². The van der Waals surface area contributed by atoms with E-state index in [-0.39, 0.29) is 16.9 Å². The quantitative estimate of drug-likeness (QED) is 0.219. The summed E-state index contributed by atoms with van der Waals surface area (Å²) in [4.78, 5) is 14.1. The maximum Gasteiger partial charge on any atom is 0.237 e. The Bertz CT molecular complexity index is 1230. The van der Waals surface area contributed by atoms with Gasteiger partial charge in [-0.25, -0.2) is 0 Å². The van der Waals surface area contributed by atoms with Crippen LogP contribution in [0.1, 0.15) is 24.7 Å². The van der Waals surface area contributed by atoms with Gasteiger partial charge in [-0.3, -0.25) is 9.36 Å². The van der Waals surface area contributed by atoms with E-state index < -0.39 is 0 Å². The molecule has 1 aromatic heterocycles. The molecule has 0 bridgehead atoms. The molecule has 0 aliphatic carbocycles. The van der Waals surface area contributed by atoms with Gasteiger partial charge in [-0.15, -0.1) is 22.0 Å². The Balaban J connectivity index is 1.55. The van der Waals surface area contributed by atoms with Crippen molar-refractivity contribution in [2.45, 2.75) is 41.3 Å². The summed E-state index contributed by atoms with van der Waals surface area (Å²) in [5, 5.41) is 21.7. The zero-order chi connectivity index (χ0) is 23.9. The summed E-state index contributed by atoms with van der Waals surface area (Å²) in [6.45, 7) is 4.05. The lowest BCUT2D eigenvalue weighted by atomic mass is 10.2. The first-order chi connectivity index (χ1) is 16.5. The van der Waals surface area contributed by atoms with Gasteiger partial charge in [0.1, 0.15) is 11.6 Å². The highest BCUT2D eigenvalue weighted by Crippen LogP contribution is 2.31. The van der Waals surface area contributed by atoms with E-state index in [4.69, 9.17) is 0 Å². The van der Waals surface area contributed by atoms with E-state index >= 15 is 0 Å². The van der Waals surface area contributed by atoms with Crippen LogP contribution in [0.2, 0.25) is 0 Å². The van der Waals surface area contributed by atoms with E-state index in [9.17, 15) is 9.90 Å². The average Bonchev–Trinajstić information content (AvgIpc) is 3.26. The number of phenolic OH excluding ortho intramolecular Hbond substituents is 1. The summed E-state index contributed by atoms with van der Waals surface area (Å²) in [6.07, 6.45) is 0.629. The van der Waals surface area contributed by atoms with Crippen molar-refractivity contribution in [2.24, 2.45) is 0 Å². The zero-order valence-corrected chi connectivity index (χ0v) is 20.6. The van der Waals surface area contributed by atoms with Gasteiger partial charge in [0.2, 0.25) is 5.91 Å². The van der Waals surface area contributed by atoms with Crippen LogP contribution >= 0.6 is 23.5 Å². The molecule has 8 heteroatoms. The second kappa shape index (κ2) is 11.3. The number of carbonyl (C=O) groups excluding carboxylic acids is 1. The number of carbonyl (C=O) groups is 1. The van der Waals surface area contributed by atoms with Crippen molar-refractivity contribution >= 4 is 35.1 Å². The molecule has 0 fully saturated rings. The molecule has 0 aliphatic rings. The summed E-state index contributed by atoms with van der Waals surface area (Å²) in [6, 6.07) is 24.9. The number of amides is 1. The van der Waals surface area contributed by atoms with Crippen LogP contribution in [-0.4, -0.2) is 31.0 Å². The van der Waals surface area contributed by atoms with E-state index in [0.29, 0.717) is 23.0 Å². The van der Waals surface area contributed by atoms with Gasteiger partial charge in [0.05, 0.1) is 11.0 Å². The molecular formula is C26H26N4O2S2. The number of phenols is 1. The Hall–Kier alpha value is -3.23. The minimum absolute atomic E-state index is 0.114. The molecule has 1 unspecified atom stereocenters. The Labute approximate surface area is 207 Å². The SMILES string of the molecule is CCC(Sc1nnc(CSc2ccc(C)cc2)n1-c1ccccc1)C(=O)Nc1ccc(O)cc1. The van der Waals surface area contributed by atoms with E-state index in [1.807, 2.05) is 41.8 Å². The largest absolute Gasteiger partial charge is 0.508 e. The molecule has 0 aliphatic heterocycles. The Morgan fingerprint density at radius 1 is 1.00 bits per heavy atom. The van der Waals surface area contributed by atoms with Crippen LogP contribution in [0.4, 0.5) is 5.69 Å². The van der Waals surface area contributed by atoms with Gasteiger partial charge >= 0.3 is 0 Å². The second-order valence-corrected chi connectivity index (χ2v) is 9.94. The molecule has 174 valence electrons. The monoisotopic (exact) mass is 490 g/mol. The first-order valence-electron chi connectivity index (χ1n) is 11.0. The maximum absolute atomic E-state index is 13.0. The first kappa shape index (κ1) is 23.9. The molecule has 1 heterocycles. The predicted molar refractivity (Wildman–Crippen MR) is 139 cm³/mol. The molecule has 3 aromatic carbocycles. The minimum Gasteiger partial charge on any atom is -0.508 e. The maximum atomic E-state index is 13.0. The number of anilines is 1. The highest BCUT2D eigenvalue weighted by molar-refractivity contribution is 8.00. The van der Waals surface area contributed by atoms with E-state index in [0.717, 1.165) is 11.5 Å². The molecule has 4 aromatic rings. The molecule has 4 rings (SSSR count). The summed E-state index contributed by atoms with van der Waals surface area (Å²) in [5.74, 6) is 1.53. The number of nitrogens with one attached hydrogen (secondary N) is 1. The van der Waals surface area contributed by atoms with Crippen LogP contribution in [0.3, 0.4) is 0 Å². The number of benzene rings is 3. The van der Waals surface area contributed by atoms with Crippen molar-refractivity contribution in [3.8, 4) is 11.4 Å². The highest BCUT2D eigenvalue weighted by Gasteiger charge is 2.23. The lowest BCUT2D eigenvalue weighted by Gasteiger charge is -2.16. The van der Waals surface area contributed by atoms with Crippen LogP contribution in [0, 0.1) is 6.92 Å². The van der Waals surface area contributed by atoms with Crippen LogP contribution in [0.15, 0.2) is 88.9 Å². The third-order valence-electron chi connectivity index (χ3n) is 5.15. The fraction of sp³-hybridized carbons (Fsp3) is 0.192. The predicted octanol–water partition coefficient (Wildman–Crippen LogP) is 6.08. The van der Waals surface area contributed by atoms with Gasteiger partial charge in [-0.1, -0.05) is 54.6 Å². The van der Waals surface area contributed by atoms with Crippen molar-refractivity contribution in [2.75, 3.05) is 5.32 Å². The third-order valence-corrected chi connectivity index (χ3v) is 7.46. The van der Waals surface area contributed by atoms with Crippen molar-refractivity contribution in [1.82, 2.24) is 14.8 Å². The molecule has 34 heavy (non-hydrogen) atoms. The van der Waals surface area contributed by atoms with E-state index in [2.05, 4.69) is 46.7 Å². The summed E-state index contributed by atoms with van der Waals surface area (Å²) in [5.41, 5.74) is 2.83. The molecular weight excluding hydrogens is 464 g/mol. The number of rotatable bonds is 9. The third kappa shape index (κ3) is 6.01. The van der Waals surface area contributed by atoms with Crippen LogP contribution < -0.4 is 5.32 Å². The number of nitrogens with zero attached hydrogens (tertiary/aromatic N) is 3. The smallest absolute Gasteiger partial charge is 0.237 e. The molecule has 6 nitrogen and oxygen atoms in total. The lowest BCUT2D eigenvalue weighted by molar-refractivity contribution is -0.115. The molecule has 1 amide bonds. The van der Waals surface area contributed by atoms with E-state index in [1.165, 1.54) is 22.2 Å². The van der Waals surface area contributed by atoms with Crippen molar-refractivity contribution in [3.05, 3.63) is 90.3 Å². The Morgan fingerprint density at radius 2 is 1.71 bits per heavy atom. The van der Waals surface area contributed by atoms with Gasteiger partial charge < -0.3 is 10.4 Å². The molecule has 1 atom stereocenters. The molecule has 0 radical (unpaired) electrons.